The van der Waals surface area contributed by atoms with E-state index in [0.29, 0.717) is 12.1 Å². The van der Waals surface area contributed by atoms with E-state index in [0.717, 1.165) is 25.2 Å². The lowest BCUT2D eigenvalue weighted by molar-refractivity contribution is -0.116. The lowest BCUT2D eigenvalue weighted by atomic mass is 10.1. The molecule has 2 aliphatic rings. The van der Waals surface area contributed by atoms with Crippen LogP contribution in [0.5, 0.6) is 0 Å². The van der Waals surface area contributed by atoms with Crippen LogP contribution in [-0.2, 0) is 11.2 Å². The van der Waals surface area contributed by atoms with Crippen LogP contribution in [0.25, 0.3) is 0 Å². The monoisotopic (exact) mass is 273 g/mol. The summed E-state index contributed by atoms with van der Waals surface area (Å²) in [7, 11) is 2.18. The minimum atomic E-state index is 0.135. The van der Waals surface area contributed by atoms with Gasteiger partial charge in [-0.1, -0.05) is 0 Å². The third-order valence-corrected chi connectivity index (χ3v) is 4.61. The molecule has 1 saturated heterocycles. The molecule has 1 fully saturated rings. The number of anilines is 2. The molecule has 2 unspecified atom stereocenters. The predicted molar refractivity (Wildman–Crippen MR) is 82.3 cm³/mol. The summed E-state index contributed by atoms with van der Waals surface area (Å²) in [5, 5.41) is 3.63. The maximum Gasteiger partial charge on any atom is 0.223 e. The zero-order valence-corrected chi connectivity index (χ0v) is 12.5. The Morgan fingerprint density at radius 3 is 2.85 bits per heavy atom. The summed E-state index contributed by atoms with van der Waals surface area (Å²) in [6.07, 6.45) is 2.15. The van der Waals surface area contributed by atoms with Gasteiger partial charge < -0.3 is 15.1 Å². The SMILES string of the molecule is CC(=O)N1CCc2cc(NC3CC(C)N(C)C3)ccc21. The molecule has 1 aromatic rings. The van der Waals surface area contributed by atoms with Gasteiger partial charge in [0.1, 0.15) is 0 Å². The average Bonchev–Trinajstić information content (AvgIpc) is 2.93. The first-order valence-electron chi connectivity index (χ1n) is 7.42. The van der Waals surface area contributed by atoms with Gasteiger partial charge in [-0.15, -0.1) is 0 Å². The van der Waals surface area contributed by atoms with Gasteiger partial charge in [-0.05, 0) is 50.6 Å². The van der Waals surface area contributed by atoms with Crippen molar-refractivity contribution in [2.75, 3.05) is 30.4 Å². The number of benzene rings is 1. The predicted octanol–water partition coefficient (Wildman–Crippen LogP) is 2.10. The van der Waals surface area contributed by atoms with Gasteiger partial charge in [0.15, 0.2) is 0 Å². The van der Waals surface area contributed by atoms with Crippen LogP contribution in [0.3, 0.4) is 0 Å². The Balaban J connectivity index is 1.73. The quantitative estimate of drug-likeness (QED) is 0.896. The van der Waals surface area contributed by atoms with Crippen molar-refractivity contribution in [2.45, 2.75) is 38.8 Å². The lowest BCUT2D eigenvalue weighted by Crippen LogP contribution is -2.26. The second-order valence-corrected chi connectivity index (χ2v) is 6.13. The average molecular weight is 273 g/mol. The van der Waals surface area contributed by atoms with Gasteiger partial charge >= 0.3 is 0 Å². The van der Waals surface area contributed by atoms with E-state index in [1.54, 1.807) is 6.92 Å². The maximum atomic E-state index is 11.5. The largest absolute Gasteiger partial charge is 0.381 e. The number of likely N-dealkylation sites (tertiary alicyclic amines) is 1. The first-order chi connectivity index (χ1) is 9.54. The van der Waals surface area contributed by atoms with Crippen LogP contribution in [0.1, 0.15) is 25.8 Å². The molecule has 0 aromatic heterocycles. The number of hydrogen-bond donors (Lipinski definition) is 1. The first-order valence-corrected chi connectivity index (χ1v) is 7.42. The summed E-state index contributed by atoms with van der Waals surface area (Å²) < 4.78 is 0. The molecule has 20 heavy (non-hydrogen) atoms. The van der Waals surface area contributed by atoms with Crippen LogP contribution in [0.4, 0.5) is 11.4 Å². The third kappa shape index (κ3) is 2.40. The van der Waals surface area contributed by atoms with Crippen molar-refractivity contribution in [3.63, 3.8) is 0 Å². The normalized spacial score (nSPS) is 25.9. The summed E-state index contributed by atoms with van der Waals surface area (Å²) in [6.45, 7) is 5.82. The van der Waals surface area contributed by atoms with Gasteiger partial charge in [-0.2, -0.15) is 0 Å². The summed E-state index contributed by atoms with van der Waals surface area (Å²) in [5.74, 6) is 0.135. The number of likely N-dealkylation sites (N-methyl/N-ethyl adjacent to an activating group) is 1. The Morgan fingerprint density at radius 2 is 2.20 bits per heavy atom. The van der Waals surface area contributed by atoms with E-state index in [4.69, 9.17) is 0 Å². The smallest absolute Gasteiger partial charge is 0.223 e. The van der Waals surface area contributed by atoms with E-state index >= 15 is 0 Å². The van der Waals surface area contributed by atoms with Gasteiger partial charge in [0.2, 0.25) is 5.91 Å². The molecule has 3 rings (SSSR count). The fraction of sp³-hybridized carbons (Fsp3) is 0.562. The number of fused-ring (bicyclic) bond motifs is 1. The number of carbonyl (C=O) groups excluding carboxylic acids is 1. The molecule has 0 bridgehead atoms. The van der Waals surface area contributed by atoms with Gasteiger partial charge in [0.25, 0.3) is 0 Å². The van der Waals surface area contributed by atoms with Crippen LogP contribution in [0, 0.1) is 0 Å². The Bertz CT molecular complexity index is 518. The van der Waals surface area contributed by atoms with E-state index < -0.39 is 0 Å². The fourth-order valence-corrected chi connectivity index (χ4v) is 3.35. The van der Waals surface area contributed by atoms with Crippen molar-refractivity contribution >= 4 is 17.3 Å². The number of nitrogens with zero attached hydrogens (tertiary/aromatic N) is 2. The summed E-state index contributed by atoms with van der Waals surface area (Å²) in [4.78, 5) is 15.8. The highest BCUT2D eigenvalue weighted by Gasteiger charge is 2.27. The number of rotatable bonds is 2. The first kappa shape index (κ1) is 13.4. The minimum Gasteiger partial charge on any atom is -0.381 e. The summed E-state index contributed by atoms with van der Waals surface area (Å²) in [6, 6.07) is 7.56. The Hall–Kier alpha value is -1.55. The molecular weight excluding hydrogens is 250 g/mol. The van der Waals surface area contributed by atoms with Gasteiger partial charge in [0.05, 0.1) is 0 Å². The Kier molecular flexibility index (Phi) is 3.42. The van der Waals surface area contributed by atoms with E-state index in [1.165, 1.54) is 17.7 Å². The number of hydrogen-bond acceptors (Lipinski definition) is 3. The zero-order chi connectivity index (χ0) is 14.3. The zero-order valence-electron chi connectivity index (χ0n) is 12.5. The summed E-state index contributed by atoms with van der Waals surface area (Å²) in [5.41, 5.74) is 3.55. The Labute approximate surface area is 120 Å². The third-order valence-electron chi connectivity index (χ3n) is 4.61. The van der Waals surface area contributed by atoms with E-state index in [2.05, 4.69) is 42.4 Å². The molecule has 0 aliphatic carbocycles. The van der Waals surface area contributed by atoms with E-state index in [1.807, 2.05) is 4.90 Å². The van der Waals surface area contributed by atoms with E-state index in [9.17, 15) is 4.79 Å². The van der Waals surface area contributed by atoms with Crippen LogP contribution in [0.15, 0.2) is 18.2 Å². The van der Waals surface area contributed by atoms with Crippen molar-refractivity contribution in [3.05, 3.63) is 23.8 Å². The molecule has 2 atom stereocenters. The van der Waals surface area contributed by atoms with Crippen LogP contribution < -0.4 is 10.2 Å². The van der Waals surface area contributed by atoms with Crippen LogP contribution in [0.2, 0.25) is 0 Å². The number of carbonyl (C=O) groups is 1. The van der Waals surface area contributed by atoms with Crippen molar-refractivity contribution in [1.82, 2.24) is 4.90 Å². The second kappa shape index (κ2) is 5.09. The highest BCUT2D eigenvalue weighted by Crippen LogP contribution is 2.31. The molecule has 4 nitrogen and oxygen atoms in total. The molecule has 1 aromatic carbocycles. The molecule has 2 aliphatic heterocycles. The number of amides is 1. The highest BCUT2D eigenvalue weighted by molar-refractivity contribution is 5.94. The van der Waals surface area contributed by atoms with Crippen LogP contribution in [-0.4, -0.2) is 43.0 Å². The van der Waals surface area contributed by atoms with Gasteiger partial charge in [-0.25, -0.2) is 0 Å². The molecule has 4 heteroatoms. The van der Waals surface area contributed by atoms with Crippen molar-refractivity contribution < 1.29 is 4.79 Å². The van der Waals surface area contributed by atoms with Crippen molar-refractivity contribution in [3.8, 4) is 0 Å². The molecule has 1 amide bonds. The highest BCUT2D eigenvalue weighted by atomic mass is 16.2. The molecule has 2 heterocycles. The molecule has 0 radical (unpaired) electrons. The van der Waals surface area contributed by atoms with Crippen molar-refractivity contribution in [1.29, 1.82) is 0 Å². The minimum absolute atomic E-state index is 0.135. The van der Waals surface area contributed by atoms with Crippen molar-refractivity contribution in [2.24, 2.45) is 0 Å². The maximum absolute atomic E-state index is 11.5. The topological polar surface area (TPSA) is 35.6 Å². The lowest BCUT2D eigenvalue weighted by Gasteiger charge is -2.17. The molecule has 108 valence electrons. The Morgan fingerprint density at radius 1 is 1.40 bits per heavy atom. The van der Waals surface area contributed by atoms with Crippen LogP contribution >= 0.6 is 0 Å². The summed E-state index contributed by atoms with van der Waals surface area (Å²) >= 11 is 0. The number of nitrogens with one attached hydrogen (secondary N) is 1. The van der Waals surface area contributed by atoms with Gasteiger partial charge in [-0.3, -0.25) is 4.79 Å². The standard InChI is InChI=1S/C16H23N3O/c1-11-8-15(10-18(11)3)17-14-4-5-16-13(9-14)6-7-19(16)12(2)20/h4-5,9,11,15,17H,6-8,10H2,1-3H3. The molecular formula is C16H23N3O. The second-order valence-electron chi connectivity index (χ2n) is 6.13. The molecule has 0 saturated carbocycles. The fourth-order valence-electron chi connectivity index (χ4n) is 3.35. The van der Waals surface area contributed by atoms with E-state index in [-0.39, 0.29) is 5.91 Å². The molecule has 1 N–H and O–H groups in total. The molecule has 0 spiro atoms. The van der Waals surface area contributed by atoms with Gasteiger partial charge in [0, 0.05) is 43.5 Å².